The zero-order valence-corrected chi connectivity index (χ0v) is 19.5. The Balaban J connectivity index is 0.00000149. The van der Waals surface area contributed by atoms with Gasteiger partial charge in [0.05, 0.1) is 0 Å². The maximum atomic E-state index is 12.8. The van der Waals surface area contributed by atoms with E-state index in [1.165, 1.54) is 4.90 Å². The molecule has 2 aromatic rings. The largest absolute Gasteiger partial charge is 0.444 e. The summed E-state index contributed by atoms with van der Waals surface area (Å²) < 4.78 is 5.25. The second kappa shape index (κ2) is 10.5. The van der Waals surface area contributed by atoms with Crippen LogP contribution < -0.4 is 10.6 Å². The normalized spacial score (nSPS) is 17.0. The van der Waals surface area contributed by atoms with Crippen LogP contribution in [0.25, 0.3) is 0 Å². The number of aryl methyl sites for hydroxylation is 1. The molecule has 1 atom stereocenters. The third-order valence-electron chi connectivity index (χ3n) is 5.38. The lowest BCUT2D eigenvalue weighted by molar-refractivity contribution is -0.136. The summed E-state index contributed by atoms with van der Waals surface area (Å²) >= 11 is 6.05. The van der Waals surface area contributed by atoms with E-state index in [4.69, 9.17) is 16.3 Å². The number of hydrogen-bond donors (Lipinski definition) is 2. The van der Waals surface area contributed by atoms with Gasteiger partial charge in [0.15, 0.2) is 0 Å². The first-order valence-electron chi connectivity index (χ1n) is 10.8. The molecule has 1 unspecified atom stereocenters. The van der Waals surface area contributed by atoms with Crippen molar-refractivity contribution in [2.24, 2.45) is 0 Å². The maximum Gasteiger partial charge on any atom is 0.411 e. The van der Waals surface area contributed by atoms with E-state index >= 15 is 0 Å². The Morgan fingerprint density at radius 3 is 2.64 bits per heavy atom. The Kier molecular flexibility index (Phi) is 7.71. The number of imide groups is 1. The van der Waals surface area contributed by atoms with Crippen molar-refractivity contribution in [2.45, 2.75) is 52.8 Å². The number of rotatable bonds is 4. The van der Waals surface area contributed by atoms with Gasteiger partial charge in [-0.1, -0.05) is 43.6 Å². The molecule has 9 heteroatoms. The number of anilines is 1. The number of benzene rings is 2. The number of ether oxygens (including phenoxy) is 1. The molecule has 1 fully saturated rings. The topological polar surface area (TPSA) is 105 Å². The smallest absolute Gasteiger partial charge is 0.411 e. The highest BCUT2D eigenvalue weighted by molar-refractivity contribution is 6.31. The monoisotopic (exact) mass is 471 g/mol. The zero-order chi connectivity index (χ0) is 24.1. The van der Waals surface area contributed by atoms with Crippen LogP contribution in [0.4, 0.5) is 10.5 Å². The second-order valence-corrected chi connectivity index (χ2v) is 7.96. The number of fused-ring (bicyclic) bond motifs is 1. The van der Waals surface area contributed by atoms with Gasteiger partial charge in [0.1, 0.15) is 12.6 Å². The van der Waals surface area contributed by atoms with E-state index in [0.717, 1.165) is 11.1 Å². The molecule has 0 aromatic heterocycles. The van der Waals surface area contributed by atoms with Crippen LogP contribution in [0.5, 0.6) is 0 Å². The minimum atomic E-state index is -0.663. The lowest BCUT2D eigenvalue weighted by Crippen LogP contribution is -2.52. The third-order valence-corrected chi connectivity index (χ3v) is 5.79. The molecule has 2 aromatic carbocycles. The van der Waals surface area contributed by atoms with E-state index in [-0.39, 0.29) is 24.8 Å². The summed E-state index contributed by atoms with van der Waals surface area (Å²) in [4.78, 5) is 49.9. The summed E-state index contributed by atoms with van der Waals surface area (Å²) in [6.07, 6.45) is -0.127. The van der Waals surface area contributed by atoms with E-state index in [2.05, 4.69) is 10.6 Å². The first-order chi connectivity index (χ1) is 15.8. The van der Waals surface area contributed by atoms with Gasteiger partial charge in [0, 0.05) is 29.2 Å². The Morgan fingerprint density at radius 1 is 1.18 bits per heavy atom. The first-order valence-corrected chi connectivity index (χ1v) is 11.2. The number of hydrogen-bond acceptors (Lipinski definition) is 5. The first kappa shape index (κ1) is 24.3. The molecule has 0 radical (unpaired) electrons. The maximum absolute atomic E-state index is 12.8. The number of carbonyl (C=O) groups is 4. The predicted molar refractivity (Wildman–Crippen MR) is 124 cm³/mol. The van der Waals surface area contributed by atoms with E-state index in [9.17, 15) is 19.2 Å². The molecule has 4 amide bonds. The molecule has 4 rings (SSSR count). The molecule has 33 heavy (non-hydrogen) atoms. The lowest BCUT2D eigenvalue weighted by Gasteiger charge is -2.29. The van der Waals surface area contributed by atoms with Crippen molar-refractivity contribution in [1.29, 1.82) is 0 Å². The van der Waals surface area contributed by atoms with Crippen LogP contribution >= 0.6 is 11.6 Å². The molecule has 2 heterocycles. The minimum Gasteiger partial charge on any atom is -0.444 e. The number of nitrogens with zero attached hydrogens (tertiary/aromatic N) is 1. The Labute approximate surface area is 197 Å². The zero-order valence-electron chi connectivity index (χ0n) is 18.7. The molecule has 0 aliphatic carbocycles. The van der Waals surface area contributed by atoms with E-state index in [0.29, 0.717) is 34.8 Å². The van der Waals surface area contributed by atoms with E-state index in [1.807, 2.05) is 20.8 Å². The molecule has 1 saturated heterocycles. The summed E-state index contributed by atoms with van der Waals surface area (Å²) in [7, 11) is 0. The number of carbonyl (C=O) groups excluding carboxylic acids is 4. The van der Waals surface area contributed by atoms with Crippen molar-refractivity contribution in [3.8, 4) is 0 Å². The average molecular weight is 472 g/mol. The van der Waals surface area contributed by atoms with Crippen LogP contribution in [0.1, 0.15) is 53.7 Å². The molecular formula is C24H26ClN3O5. The molecule has 2 aliphatic heterocycles. The molecule has 174 valence electrons. The van der Waals surface area contributed by atoms with Gasteiger partial charge in [-0.15, -0.1) is 0 Å². The van der Waals surface area contributed by atoms with Crippen molar-refractivity contribution in [1.82, 2.24) is 10.2 Å². The standard InChI is InChI=1S/C22H20ClN3O5.C2H6/c1-12-2-5-15(9-17(12)23)24-22(30)31-11-13-3-4-14-10-26(21(29)16(14)8-13)18-6-7-19(27)25-20(18)28;1-2/h2-5,8-9,18H,6-7,10-11H2,1H3,(H,24,30)(H,25,27,28);1-2H3. The molecule has 0 spiro atoms. The summed E-state index contributed by atoms with van der Waals surface area (Å²) in [5.74, 6) is -1.05. The Morgan fingerprint density at radius 2 is 1.94 bits per heavy atom. The van der Waals surface area contributed by atoms with Crippen molar-refractivity contribution in [3.05, 3.63) is 63.7 Å². The fraction of sp³-hybridized carbons (Fsp3) is 0.333. The van der Waals surface area contributed by atoms with Crippen molar-refractivity contribution in [2.75, 3.05) is 5.32 Å². The molecule has 2 N–H and O–H groups in total. The van der Waals surface area contributed by atoms with Crippen LogP contribution in [-0.4, -0.2) is 34.8 Å². The summed E-state index contributed by atoms with van der Waals surface area (Å²) in [5, 5.41) is 5.42. The fourth-order valence-electron chi connectivity index (χ4n) is 3.67. The average Bonchev–Trinajstić information content (AvgIpc) is 3.12. The van der Waals surface area contributed by atoms with Gasteiger partial charge in [0.2, 0.25) is 11.8 Å². The highest BCUT2D eigenvalue weighted by Crippen LogP contribution is 2.28. The Bertz CT molecular complexity index is 1100. The minimum absolute atomic E-state index is 0.0234. The van der Waals surface area contributed by atoms with Gasteiger partial charge in [-0.25, -0.2) is 4.79 Å². The van der Waals surface area contributed by atoms with Gasteiger partial charge >= 0.3 is 6.09 Å². The van der Waals surface area contributed by atoms with Gasteiger partial charge in [-0.2, -0.15) is 0 Å². The molecule has 0 saturated carbocycles. The van der Waals surface area contributed by atoms with E-state index in [1.54, 1.807) is 36.4 Å². The fourth-order valence-corrected chi connectivity index (χ4v) is 3.85. The van der Waals surface area contributed by atoms with Crippen LogP contribution in [0.15, 0.2) is 36.4 Å². The molecule has 0 bridgehead atoms. The van der Waals surface area contributed by atoms with Crippen LogP contribution in [0.3, 0.4) is 0 Å². The molecular weight excluding hydrogens is 446 g/mol. The lowest BCUT2D eigenvalue weighted by atomic mass is 10.0. The predicted octanol–water partition coefficient (Wildman–Crippen LogP) is 4.18. The third kappa shape index (κ3) is 5.51. The molecule has 8 nitrogen and oxygen atoms in total. The summed E-state index contributed by atoms with van der Waals surface area (Å²) in [5.41, 5.74) is 3.32. The number of piperidine rings is 1. The van der Waals surface area contributed by atoms with Gasteiger partial charge in [-0.05, 0) is 48.2 Å². The van der Waals surface area contributed by atoms with Gasteiger partial charge in [-0.3, -0.25) is 25.0 Å². The Hall–Kier alpha value is -3.39. The quantitative estimate of drug-likeness (QED) is 0.651. The van der Waals surface area contributed by atoms with E-state index < -0.39 is 18.0 Å². The molecule has 2 aliphatic rings. The van der Waals surface area contributed by atoms with Crippen LogP contribution in [0.2, 0.25) is 5.02 Å². The van der Waals surface area contributed by atoms with Crippen molar-refractivity contribution >= 4 is 41.1 Å². The summed E-state index contributed by atoms with van der Waals surface area (Å²) in [6, 6.07) is 9.71. The van der Waals surface area contributed by atoms with Gasteiger partial charge in [0.25, 0.3) is 5.91 Å². The SMILES string of the molecule is CC.Cc1ccc(NC(=O)OCc2ccc3c(c2)C(=O)N(C2CCC(=O)NC2=O)C3)cc1Cl. The number of halogens is 1. The summed E-state index contributed by atoms with van der Waals surface area (Å²) in [6.45, 7) is 6.14. The van der Waals surface area contributed by atoms with Crippen LogP contribution in [-0.2, 0) is 27.5 Å². The highest BCUT2D eigenvalue weighted by Gasteiger charge is 2.39. The van der Waals surface area contributed by atoms with Crippen molar-refractivity contribution < 1.29 is 23.9 Å². The van der Waals surface area contributed by atoms with Crippen molar-refractivity contribution in [3.63, 3.8) is 0 Å². The number of nitrogens with one attached hydrogen (secondary N) is 2. The van der Waals surface area contributed by atoms with Gasteiger partial charge < -0.3 is 9.64 Å². The number of amides is 4. The van der Waals surface area contributed by atoms with Crippen LogP contribution in [0, 0.1) is 6.92 Å². The second-order valence-electron chi connectivity index (χ2n) is 7.56. The highest BCUT2D eigenvalue weighted by atomic mass is 35.5.